The van der Waals surface area contributed by atoms with Gasteiger partial charge in [-0.05, 0) is 24.3 Å². The van der Waals surface area contributed by atoms with Crippen molar-refractivity contribution in [2.24, 2.45) is 0 Å². The van der Waals surface area contributed by atoms with Gasteiger partial charge in [0.2, 0.25) is 15.9 Å². The van der Waals surface area contributed by atoms with Crippen LogP contribution in [0.25, 0.3) is 0 Å². The van der Waals surface area contributed by atoms with Gasteiger partial charge >= 0.3 is 0 Å². The summed E-state index contributed by atoms with van der Waals surface area (Å²) in [6, 6.07) is 6.28. The second kappa shape index (κ2) is 8.89. The second-order valence-corrected chi connectivity index (χ2v) is 7.73. The van der Waals surface area contributed by atoms with Crippen LogP contribution in [0.2, 0.25) is 0 Å². The van der Waals surface area contributed by atoms with E-state index in [0.717, 1.165) is 16.4 Å². The Hall–Kier alpha value is -2.56. The molecule has 1 aromatic carbocycles. The van der Waals surface area contributed by atoms with Gasteiger partial charge in [-0.3, -0.25) is 4.79 Å². The summed E-state index contributed by atoms with van der Waals surface area (Å²) < 4.78 is 49.3. The van der Waals surface area contributed by atoms with Gasteiger partial charge in [-0.1, -0.05) is 0 Å². The topological polar surface area (TPSA) is 97.8 Å². The number of aromatic nitrogens is 1. The van der Waals surface area contributed by atoms with E-state index in [1.54, 1.807) is 19.2 Å². The van der Waals surface area contributed by atoms with Crippen LogP contribution in [-0.4, -0.2) is 58.0 Å². The molecule has 0 bridgehead atoms. The van der Waals surface area contributed by atoms with Crippen molar-refractivity contribution in [2.45, 2.75) is 4.90 Å². The molecule has 1 aromatic heterocycles. The zero-order chi connectivity index (χ0) is 20.0. The summed E-state index contributed by atoms with van der Waals surface area (Å²) in [6.07, 6.45) is 1.39. The van der Waals surface area contributed by atoms with Gasteiger partial charge in [0.15, 0.2) is 0 Å². The number of rotatable bonds is 8. The van der Waals surface area contributed by atoms with Crippen LogP contribution >= 0.6 is 0 Å². The summed E-state index contributed by atoms with van der Waals surface area (Å²) in [6.45, 7) is 0.761. The molecule has 0 radical (unpaired) electrons. The molecule has 1 amide bonds. The Kier molecular flexibility index (Phi) is 6.83. The van der Waals surface area contributed by atoms with Crippen molar-refractivity contribution in [1.82, 2.24) is 9.29 Å². The number of pyridine rings is 1. The van der Waals surface area contributed by atoms with Gasteiger partial charge in [-0.25, -0.2) is 22.1 Å². The zero-order valence-electron chi connectivity index (χ0n) is 15.1. The van der Waals surface area contributed by atoms with Gasteiger partial charge in [0, 0.05) is 32.8 Å². The van der Waals surface area contributed by atoms with E-state index in [-0.39, 0.29) is 5.56 Å². The Morgan fingerprint density at radius 3 is 2.56 bits per heavy atom. The molecule has 0 atom stereocenters. The minimum Gasteiger partial charge on any atom is -0.475 e. The highest BCUT2D eigenvalue weighted by Crippen LogP contribution is 2.20. The lowest BCUT2D eigenvalue weighted by Crippen LogP contribution is -2.24. The monoisotopic (exact) mass is 397 g/mol. The molecule has 8 nitrogen and oxygen atoms in total. The number of hydrogen-bond donors (Lipinski definition) is 1. The number of amides is 1. The van der Waals surface area contributed by atoms with Crippen molar-refractivity contribution in [1.29, 1.82) is 0 Å². The van der Waals surface area contributed by atoms with E-state index >= 15 is 0 Å². The normalized spacial score (nSPS) is 11.4. The molecule has 0 aliphatic heterocycles. The van der Waals surface area contributed by atoms with Crippen molar-refractivity contribution in [3.05, 3.63) is 47.9 Å². The number of methoxy groups -OCH3 is 1. The van der Waals surface area contributed by atoms with E-state index in [1.807, 2.05) is 0 Å². The smallest absolute Gasteiger partial charge is 0.255 e. The van der Waals surface area contributed by atoms with Crippen LogP contribution in [0.4, 0.5) is 10.1 Å². The summed E-state index contributed by atoms with van der Waals surface area (Å²) in [7, 11) is 0.104. The SMILES string of the molecule is COCCOc1ccc(NC(=O)c2ccc(F)c(S(=O)(=O)N(C)C)c2)cn1. The Balaban J connectivity index is 2.14. The lowest BCUT2D eigenvalue weighted by atomic mass is 10.2. The van der Waals surface area contributed by atoms with Gasteiger partial charge < -0.3 is 14.8 Å². The minimum atomic E-state index is -4.01. The van der Waals surface area contributed by atoms with Gasteiger partial charge in [0.1, 0.15) is 17.3 Å². The molecule has 1 heterocycles. The molecular formula is C17H20FN3O5S. The molecule has 0 fully saturated rings. The van der Waals surface area contributed by atoms with Gasteiger partial charge in [-0.2, -0.15) is 0 Å². The first-order chi connectivity index (χ1) is 12.8. The number of nitrogens with one attached hydrogen (secondary N) is 1. The van der Waals surface area contributed by atoms with Crippen molar-refractivity contribution in [2.75, 3.05) is 39.7 Å². The summed E-state index contributed by atoms with van der Waals surface area (Å²) in [4.78, 5) is 15.8. The van der Waals surface area contributed by atoms with Crippen molar-refractivity contribution in [3.8, 4) is 5.88 Å². The van der Waals surface area contributed by atoms with E-state index in [2.05, 4.69) is 10.3 Å². The first kappa shape index (κ1) is 20.7. The third kappa shape index (κ3) is 5.22. The number of ether oxygens (including phenoxy) is 2. The highest BCUT2D eigenvalue weighted by molar-refractivity contribution is 7.89. The third-order valence-corrected chi connectivity index (χ3v) is 5.31. The Bertz CT molecular complexity index is 901. The van der Waals surface area contributed by atoms with Crippen molar-refractivity contribution < 1.29 is 27.1 Å². The van der Waals surface area contributed by atoms with Crippen LogP contribution in [-0.2, 0) is 14.8 Å². The number of halogens is 1. The summed E-state index contributed by atoms with van der Waals surface area (Å²) in [5.41, 5.74) is 0.373. The molecule has 27 heavy (non-hydrogen) atoms. The molecule has 2 aromatic rings. The van der Waals surface area contributed by atoms with Gasteiger partial charge in [-0.15, -0.1) is 0 Å². The van der Waals surface area contributed by atoms with Gasteiger partial charge in [0.05, 0.1) is 18.5 Å². The minimum absolute atomic E-state index is 0.00255. The van der Waals surface area contributed by atoms with Crippen LogP contribution in [0.5, 0.6) is 5.88 Å². The third-order valence-electron chi connectivity index (χ3n) is 3.48. The fourth-order valence-electron chi connectivity index (χ4n) is 2.01. The van der Waals surface area contributed by atoms with E-state index in [1.165, 1.54) is 26.4 Å². The number of carbonyl (C=O) groups is 1. The Morgan fingerprint density at radius 1 is 1.22 bits per heavy atom. The van der Waals surface area contributed by atoms with Crippen LogP contribution in [0.15, 0.2) is 41.4 Å². The number of anilines is 1. The average Bonchev–Trinajstić information content (AvgIpc) is 2.63. The Labute approximate surface area is 157 Å². The summed E-state index contributed by atoms with van der Waals surface area (Å²) in [5, 5.41) is 2.57. The van der Waals surface area contributed by atoms with Crippen LogP contribution < -0.4 is 10.1 Å². The van der Waals surface area contributed by atoms with Crippen LogP contribution in [0.1, 0.15) is 10.4 Å². The quantitative estimate of drug-likeness (QED) is 0.682. The predicted molar refractivity (Wildman–Crippen MR) is 96.8 cm³/mol. The number of carbonyl (C=O) groups excluding carboxylic acids is 1. The first-order valence-corrected chi connectivity index (χ1v) is 9.31. The fraction of sp³-hybridized carbons (Fsp3) is 0.294. The molecule has 1 N–H and O–H groups in total. The van der Waals surface area contributed by atoms with Crippen molar-refractivity contribution >= 4 is 21.6 Å². The molecule has 2 rings (SSSR count). The maximum Gasteiger partial charge on any atom is 0.255 e. The maximum atomic E-state index is 13.9. The van der Waals surface area contributed by atoms with E-state index < -0.39 is 26.6 Å². The lowest BCUT2D eigenvalue weighted by molar-refractivity contribution is 0.102. The van der Waals surface area contributed by atoms with E-state index in [4.69, 9.17) is 9.47 Å². The Morgan fingerprint density at radius 2 is 1.96 bits per heavy atom. The standard InChI is InChI=1S/C17H20FN3O5S/c1-21(2)27(23,24)15-10-12(4-6-14(15)18)17(22)20-13-5-7-16(19-11-13)26-9-8-25-3/h4-7,10-11H,8-9H2,1-3H3,(H,20,22). The molecule has 0 spiro atoms. The lowest BCUT2D eigenvalue weighted by Gasteiger charge is -2.13. The fourth-order valence-corrected chi connectivity index (χ4v) is 3.00. The first-order valence-electron chi connectivity index (χ1n) is 7.87. The summed E-state index contributed by atoms with van der Waals surface area (Å²) >= 11 is 0. The largest absolute Gasteiger partial charge is 0.475 e. The number of nitrogens with zero attached hydrogens (tertiary/aromatic N) is 2. The number of benzene rings is 1. The molecule has 0 aliphatic rings. The van der Waals surface area contributed by atoms with E-state index in [0.29, 0.717) is 24.8 Å². The molecule has 0 aliphatic carbocycles. The molecule has 10 heteroatoms. The van der Waals surface area contributed by atoms with Crippen molar-refractivity contribution in [3.63, 3.8) is 0 Å². The molecule has 0 unspecified atom stereocenters. The summed E-state index contributed by atoms with van der Waals surface area (Å²) in [5.74, 6) is -1.16. The molecule has 146 valence electrons. The van der Waals surface area contributed by atoms with Crippen LogP contribution in [0.3, 0.4) is 0 Å². The van der Waals surface area contributed by atoms with Crippen LogP contribution in [0, 0.1) is 5.82 Å². The average molecular weight is 397 g/mol. The molecule has 0 saturated carbocycles. The predicted octanol–water partition coefficient (Wildman–Crippen LogP) is 1.75. The van der Waals surface area contributed by atoms with E-state index in [9.17, 15) is 17.6 Å². The van der Waals surface area contributed by atoms with Gasteiger partial charge in [0.25, 0.3) is 5.91 Å². The second-order valence-electron chi connectivity index (χ2n) is 5.61. The zero-order valence-corrected chi connectivity index (χ0v) is 15.9. The molecule has 0 saturated heterocycles. The highest BCUT2D eigenvalue weighted by Gasteiger charge is 2.23. The molecular weight excluding hydrogens is 377 g/mol. The number of hydrogen-bond acceptors (Lipinski definition) is 6. The maximum absolute atomic E-state index is 13.9. The highest BCUT2D eigenvalue weighted by atomic mass is 32.2. The number of sulfonamides is 1.